The number of nitrogens with one attached hydrogen (secondary N) is 2. The third-order valence-electron chi connectivity index (χ3n) is 2.43. The Morgan fingerprint density at radius 1 is 1.32 bits per heavy atom. The van der Waals surface area contributed by atoms with Crippen LogP contribution in [-0.4, -0.2) is 31.0 Å². The molecule has 0 radical (unpaired) electrons. The summed E-state index contributed by atoms with van der Waals surface area (Å²) >= 11 is 0. The lowest BCUT2D eigenvalue weighted by atomic mass is 10.3. The van der Waals surface area contributed by atoms with Crippen LogP contribution in [0, 0.1) is 0 Å². The highest BCUT2D eigenvalue weighted by Crippen LogP contribution is 2.20. The summed E-state index contributed by atoms with van der Waals surface area (Å²) in [7, 11) is -2.32. The van der Waals surface area contributed by atoms with Crippen molar-refractivity contribution in [1.82, 2.24) is 14.3 Å². The second kappa shape index (κ2) is 5.21. The Labute approximate surface area is 110 Å². The molecule has 1 amide bonds. The number of carbonyl (C=O) groups is 1. The van der Waals surface area contributed by atoms with Crippen molar-refractivity contribution in [2.24, 2.45) is 0 Å². The van der Waals surface area contributed by atoms with Gasteiger partial charge in [-0.25, -0.2) is 22.9 Å². The van der Waals surface area contributed by atoms with Crippen LogP contribution in [0.1, 0.15) is 0 Å². The van der Waals surface area contributed by atoms with Gasteiger partial charge in [0.15, 0.2) is 0 Å². The zero-order valence-corrected chi connectivity index (χ0v) is 10.9. The molecule has 100 valence electrons. The monoisotopic (exact) mass is 280 g/mol. The van der Waals surface area contributed by atoms with E-state index in [0.29, 0.717) is 0 Å². The summed E-state index contributed by atoms with van der Waals surface area (Å²) in [5, 5.41) is 2.52. The molecule has 0 aliphatic heterocycles. The average Bonchev–Trinajstić information content (AvgIpc) is 2.93. The lowest BCUT2D eigenvalue weighted by Gasteiger charge is -2.10. The van der Waals surface area contributed by atoms with Gasteiger partial charge in [0.1, 0.15) is 11.2 Å². The number of hydrogen-bond donors (Lipinski definition) is 2. The van der Waals surface area contributed by atoms with Crippen molar-refractivity contribution in [3.63, 3.8) is 0 Å². The molecule has 0 aliphatic carbocycles. The predicted molar refractivity (Wildman–Crippen MR) is 69.3 cm³/mol. The summed E-state index contributed by atoms with van der Waals surface area (Å²) in [4.78, 5) is 15.6. The molecule has 2 N–H and O–H groups in total. The number of rotatable bonds is 3. The summed E-state index contributed by atoms with van der Waals surface area (Å²) < 4.78 is 27.0. The van der Waals surface area contributed by atoms with E-state index in [1.165, 1.54) is 42.5 Å². The minimum absolute atomic E-state index is 0.00552. The van der Waals surface area contributed by atoms with E-state index in [9.17, 15) is 13.2 Å². The van der Waals surface area contributed by atoms with E-state index in [1.807, 2.05) is 0 Å². The number of aromatic nitrogens is 2. The van der Waals surface area contributed by atoms with Crippen LogP contribution >= 0.6 is 0 Å². The van der Waals surface area contributed by atoms with Crippen molar-refractivity contribution in [2.45, 2.75) is 4.90 Å². The Hall–Kier alpha value is -2.19. The van der Waals surface area contributed by atoms with Gasteiger partial charge in [-0.05, 0) is 19.2 Å². The van der Waals surface area contributed by atoms with Crippen molar-refractivity contribution in [3.05, 3.63) is 43.0 Å². The fraction of sp³-hybridized carbons (Fsp3) is 0.0909. The fourth-order valence-corrected chi connectivity index (χ4v) is 2.36. The first-order valence-corrected chi connectivity index (χ1v) is 6.85. The largest absolute Gasteiger partial charge is 0.331 e. The smallest absolute Gasteiger partial charge is 0.306 e. The average molecular weight is 280 g/mol. The Bertz CT molecular complexity index is 680. The number of imidazole rings is 1. The zero-order valence-electron chi connectivity index (χ0n) is 10.1. The molecule has 1 aromatic carbocycles. The molecule has 0 bridgehead atoms. The number of amides is 1. The van der Waals surface area contributed by atoms with Gasteiger partial charge in [0, 0.05) is 12.4 Å². The van der Waals surface area contributed by atoms with Gasteiger partial charge < -0.3 is 5.32 Å². The highest BCUT2D eigenvalue weighted by atomic mass is 32.2. The second-order valence-corrected chi connectivity index (χ2v) is 5.46. The molecule has 0 atom stereocenters. The molecule has 1 aromatic heterocycles. The number of benzene rings is 1. The molecule has 2 rings (SSSR count). The van der Waals surface area contributed by atoms with Gasteiger partial charge in [0.25, 0.3) is 0 Å². The van der Waals surface area contributed by atoms with E-state index in [0.717, 1.165) is 0 Å². The number of carbonyl (C=O) groups excluding carboxylic acids is 1. The van der Waals surface area contributed by atoms with E-state index < -0.39 is 16.1 Å². The van der Waals surface area contributed by atoms with Gasteiger partial charge in [-0.15, -0.1) is 0 Å². The maximum Gasteiger partial charge on any atom is 0.331 e. The Morgan fingerprint density at radius 2 is 2.05 bits per heavy atom. The first-order chi connectivity index (χ1) is 9.04. The number of hydrogen-bond acceptors (Lipinski definition) is 4. The Kier molecular flexibility index (Phi) is 3.63. The van der Waals surface area contributed by atoms with Crippen molar-refractivity contribution < 1.29 is 13.2 Å². The maximum absolute atomic E-state index is 11.8. The van der Waals surface area contributed by atoms with Crippen LogP contribution in [0.4, 0.5) is 10.5 Å². The van der Waals surface area contributed by atoms with Crippen molar-refractivity contribution in [3.8, 4) is 0 Å². The van der Waals surface area contributed by atoms with Crippen LogP contribution in [0.25, 0.3) is 0 Å². The third-order valence-corrected chi connectivity index (χ3v) is 3.90. The summed E-state index contributed by atoms with van der Waals surface area (Å²) in [6.07, 6.45) is 4.24. The van der Waals surface area contributed by atoms with Crippen LogP contribution in [0.5, 0.6) is 0 Å². The summed E-state index contributed by atoms with van der Waals surface area (Å²) in [6.45, 7) is 0. The lowest BCUT2D eigenvalue weighted by molar-refractivity contribution is 0.253. The highest BCUT2D eigenvalue weighted by Gasteiger charge is 2.17. The fourth-order valence-electron chi connectivity index (χ4n) is 1.47. The molecule has 0 fully saturated rings. The quantitative estimate of drug-likeness (QED) is 0.872. The van der Waals surface area contributed by atoms with Crippen molar-refractivity contribution >= 4 is 21.7 Å². The van der Waals surface area contributed by atoms with Crippen molar-refractivity contribution in [1.29, 1.82) is 0 Å². The summed E-state index contributed by atoms with van der Waals surface area (Å²) in [5.41, 5.74) is 0.204. The third kappa shape index (κ3) is 2.80. The van der Waals surface area contributed by atoms with Gasteiger partial charge in [0.2, 0.25) is 10.0 Å². The second-order valence-electron chi connectivity index (χ2n) is 3.60. The van der Waals surface area contributed by atoms with Crippen LogP contribution in [0.15, 0.2) is 47.9 Å². The van der Waals surface area contributed by atoms with Crippen molar-refractivity contribution in [2.75, 3.05) is 12.4 Å². The van der Waals surface area contributed by atoms with Crippen LogP contribution in [-0.2, 0) is 10.0 Å². The predicted octanol–water partition coefficient (Wildman–Crippen LogP) is 0.871. The molecule has 1 heterocycles. The standard InChI is InChI=1S/C11H12N4O3S/c1-12-19(17,18)10-5-3-2-4-9(10)14-11(16)15-7-6-13-8-15/h2-8,12H,1H3,(H,14,16). The van der Waals surface area contributed by atoms with Crippen LogP contribution in [0.3, 0.4) is 0 Å². The van der Waals surface area contributed by atoms with Gasteiger partial charge >= 0.3 is 6.03 Å². The molecule has 0 aliphatic rings. The summed E-state index contributed by atoms with van der Waals surface area (Å²) in [5.74, 6) is 0. The van der Waals surface area contributed by atoms with Gasteiger partial charge in [-0.2, -0.15) is 0 Å². The molecule has 0 saturated carbocycles. The van der Waals surface area contributed by atoms with Gasteiger partial charge in [-0.1, -0.05) is 12.1 Å². The molecular formula is C11H12N4O3S. The number of para-hydroxylation sites is 1. The molecule has 0 spiro atoms. The Balaban J connectivity index is 2.34. The van der Waals surface area contributed by atoms with E-state index in [4.69, 9.17) is 0 Å². The highest BCUT2D eigenvalue weighted by molar-refractivity contribution is 7.89. The minimum Gasteiger partial charge on any atom is -0.306 e. The van der Waals surface area contributed by atoms with E-state index in [-0.39, 0.29) is 10.6 Å². The Morgan fingerprint density at radius 3 is 2.68 bits per heavy atom. The molecule has 19 heavy (non-hydrogen) atoms. The molecule has 8 heteroatoms. The number of anilines is 1. The lowest BCUT2D eigenvalue weighted by Crippen LogP contribution is -2.23. The normalized spacial score (nSPS) is 11.2. The number of sulfonamides is 1. The summed E-state index contributed by atoms with van der Waals surface area (Å²) in [6, 6.07) is 5.65. The molecule has 0 saturated heterocycles. The zero-order chi connectivity index (χ0) is 13.9. The first kappa shape index (κ1) is 13.2. The first-order valence-electron chi connectivity index (χ1n) is 5.36. The topological polar surface area (TPSA) is 93.1 Å². The van der Waals surface area contributed by atoms with Crippen LogP contribution in [0.2, 0.25) is 0 Å². The van der Waals surface area contributed by atoms with Gasteiger partial charge in [0.05, 0.1) is 5.69 Å². The van der Waals surface area contributed by atoms with Crippen LogP contribution < -0.4 is 10.0 Å². The molecule has 2 aromatic rings. The SMILES string of the molecule is CNS(=O)(=O)c1ccccc1NC(=O)n1ccnc1. The van der Waals surface area contributed by atoms with E-state index >= 15 is 0 Å². The molecule has 7 nitrogen and oxygen atoms in total. The molecular weight excluding hydrogens is 268 g/mol. The minimum atomic E-state index is -3.63. The number of nitrogens with zero attached hydrogens (tertiary/aromatic N) is 2. The maximum atomic E-state index is 11.8. The van der Waals surface area contributed by atoms with Gasteiger partial charge in [-0.3, -0.25) is 4.57 Å². The van der Waals surface area contributed by atoms with E-state index in [2.05, 4.69) is 15.0 Å². The molecule has 0 unspecified atom stereocenters. The van der Waals surface area contributed by atoms with E-state index in [1.54, 1.807) is 12.1 Å².